The van der Waals surface area contributed by atoms with E-state index in [-0.39, 0.29) is 28.2 Å². The van der Waals surface area contributed by atoms with E-state index in [0.29, 0.717) is 19.6 Å². The SMILES string of the molecule is Cc1[nH]nc(C(=O)NC2CCOCC2C)c1S(=O)(=O)Cl. The molecule has 2 heterocycles. The summed E-state index contributed by atoms with van der Waals surface area (Å²) in [6, 6.07) is -0.0702. The normalized spacial score (nSPS) is 23.6. The molecule has 1 aromatic rings. The van der Waals surface area contributed by atoms with E-state index in [2.05, 4.69) is 15.5 Å². The van der Waals surface area contributed by atoms with Crippen LogP contribution in [-0.2, 0) is 13.8 Å². The number of ether oxygens (including phenoxy) is 1. The van der Waals surface area contributed by atoms with E-state index >= 15 is 0 Å². The van der Waals surface area contributed by atoms with Crippen LogP contribution in [0.3, 0.4) is 0 Å². The van der Waals surface area contributed by atoms with Crippen LogP contribution in [0.1, 0.15) is 29.5 Å². The molecular formula is C11H16ClN3O4S. The number of carbonyl (C=O) groups is 1. The summed E-state index contributed by atoms with van der Waals surface area (Å²) in [5, 5.41) is 9.00. The van der Waals surface area contributed by atoms with Gasteiger partial charge in [0.25, 0.3) is 15.0 Å². The van der Waals surface area contributed by atoms with Gasteiger partial charge < -0.3 is 10.1 Å². The van der Waals surface area contributed by atoms with Crippen LogP contribution in [0, 0.1) is 12.8 Å². The van der Waals surface area contributed by atoms with Crippen molar-refractivity contribution < 1.29 is 17.9 Å². The summed E-state index contributed by atoms with van der Waals surface area (Å²) >= 11 is 0. The lowest BCUT2D eigenvalue weighted by atomic mass is 9.98. The Balaban J connectivity index is 2.22. The van der Waals surface area contributed by atoms with Crippen molar-refractivity contribution in [1.82, 2.24) is 15.5 Å². The van der Waals surface area contributed by atoms with Crippen LogP contribution in [0.15, 0.2) is 4.90 Å². The minimum atomic E-state index is -4.03. The zero-order valence-corrected chi connectivity index (χ0v) is 12.7. The molecule has 1 aliphatic heterocycles. The van der Waals surface area contributed by atoms with Crippen LogP contribution in [0.4, 0.5) is 0 Å². The van der Waals surface area contributed by atoms with Crippen molar-refractivity contribution >= 4 is 25.6 Å². The Morgan fingerprint density at radius 1 is 1.55 bits per heavy atom. The van der Waals surface area contributed by atoms with Crippen molar-refractivity contribution in [2.24, 2.45) is 5.92 Å². The Kier molecular flexibility index (Phi) is 4.36. The van der Waals surface area contributed by atoms with Gasteiger partial charge in [-0.2, -0.15) is 5.10 Å². The first-order chi connectivity index (χ1) is 9.30. The second kappa shape index (κ2) is 5.71. The van der Waals surface area contributed by atoms with E-state index < -0.39 is 15.0 Å². The summed E-state index contributed by atoms with van der Waals surface area (Å²) in [7, 11) is 1.31. The molecular weight excluding hydrogens is 306 g/mol. The Labute approximate surface area is 121 Å². The summed E-state index contributed by atoms with van der Waals surface area (Å²) < 4.78 is 28.3. The first kappa shape index (κ1) is 15.3. The number of rotatable bonds is 3. The van der Waals surface area contributed by atoms with E-state index in [4.69, 9.17) is 15.4 Å². The zero-order chi connectivity index (χ0) is 14.9. The molecule has 9 heteroatoms. The van der Waals surface area contributed by atoms with Gasteiger partial charge in [-0.15, -0.1) is 0 Å². The van der Waals surface area contributed by atoms with Gasteiger partial charge in [0.1, 0.15) is 4.90 Å². The fraction of sp³-hybridized carbons (Fsp3) is 0.636. The highest BCUT2D eigenvalue weighted by atomic mass is 35.7. The molecule has 1 fully saturated rings. The minimum Gasteiger partial charge on any atom is -0.381 e. The first-order valence-corrected chi connectivity index (χ1v) is 8.50. The van der Waals surface area contributed by atoms with Crippen LogP contribution in [-0.4, -0.2) is 43.8 Å². The largest absolute Gasteiger partial charge is 0.381 e. The van der Waals surface area contributed by atoms with Crippen LogP contribution in [0.25, 0.3) is 0 Å². The van der Waals surface area contributed by atoms with Crippen molar-refractivity contribution in [3.05, 3.63) is 11.4 Å². The van der Waals surface area contributed by atoms with Gasteiger partial charge in [-0.1, -0.05) is 6.92 Å². The van der Waals surface area contributed by atoms with Crippen LogP contribution >= 0.6 is 10.7 Å². The molecule has 0 spiro atoms. The first-order valence-electron chi connectivity index (χ1n) is 6.19. The van der Waals surface area contributed by atoms with Crippen LogP contribution < -0.4 is 5.32 Å². The Hall–Kier alpha value is -1.12. The molecule has 0 saturated carbocycles. The van der Waals surface area contributed by atoms with Gasteiger partial charge in [-0.25, -0.2) is 8.42 Å². The molecule has 2 atom stereocenters. The number of hydrogen-bond donors (Lipinski definition) is 2. The van der Waals surface area contributed by atoms with Crippen LogP contribution in [0.5, 0.6) is 0 Å². The Bertz CT molecular complexity index is 613. The van der Waals surface area contributed by atoms with Gasteiger partial charge in [0, 0.05) is 23.3 Å². The average molecular weight is 322 g/mol. The molecule has 0 aliphatic carbocycles. The molecule has 7 nitrogen and oxygen atoms in total. The summed E-state index contributed by atoms with van der Waals surface area (Å²) in [6.45, 7) is 4.58. The topological polar surface area (TPSA) is 101 Å². The molecule has 2 N–H and O–H groups in total. The fourth-order valence-corrected chi connectivity index (χ4v) is 3.55. The second-order valence-electron chi connectivity index (χ2n) is 4.89. The molecule has 2 rings (SSSR count). The van der Waals surface area contributed by atoms with Gasteiger partial charge in [0.15, 0.2) is 5.69 Å². The lowest BCUT2D eigenvalue weighted by Crippen LogP contribution is -2.44. The number of aryl methyl sites for hydroxylation is 1. The quantitative estimate of drug-likeness (QED) is 0.802. The fourth-order valence-electron chi connectivity index (χ4n) is 2.20. The number of nitrogens with zero attached hydrogens (tertiary/aromatic N) is 1. The molecule has 20 heavy (non-hydrogen) atoms. The number of carbonyl (C=O) groups excluding carboxylic acids is 1. The highest BCUT2D eigenvalue weighted by Gasteiger charge is 2.30. The van der Waals surface area contributed by atoms with E-state index in [9.17, 15) is 13.2 Å². The van der Waals surface area contributed by atoms with Crippen molar-refractivity contribution in [3.63, 3.8) is 0 Å². The maximum atomic E-state index is 12.2. The maximum Gasteiger partial charge on any atom is 0.273 e. The molecule has 112 valence electrons. The predicted octanol–water partition coefficient (Wildman–Crippen LogP) is 0.800. The maximum absolute atomic E-state index is 12.2. The number of halogens is 1. The number of aromatic nitrogens is 2. The Morgan fingerprint density at radius 3 is 2.85 bits per heavy atom. The van der Waals surface area contributed by atoms with Crippen LogP contribution in [0.2, 0.25) is 0 Å². The molecule has 1 aromatic heterocycles. The molecule has 1 saturated heterocycles. The lowest BCUT2D eigenvalue weighted by molar-refractivity contribution is 0.0373. The summed E-state index contributed by atoms with van der Waals surface area (Å²) in [4.78, 5) is 11.9. The molecule has 1 amide bonds. The minimum absolute atomic E-state index is 0.0702. The number of hydrogen-bond acceptors (Lipinski definition) is 5. The summed E-state index contributed by atoms with van der Waals surface area (Å²) in [5.41, 5.74) is 0.0429. The van der Waals surface area contributed by atoms with E-state index in [1.807, 2.05) is 6.92 Å². The highest BCUT2D eigenvalue weighted by Crippen LogP contribution is 2.22. The standard InChI is InChI=1S/C11H16ClN3O4S/c1-6-5-19-4-3-8(6)13-11(16)9-10(20(12,17)18)7(2)14-15-9/h6,8H,3-5H2,1-2H3,(H,13,16)(H,14,15). The van der Waals surface area contributed by atoms with Crippen molar-refractivity contribution in [2.75, 3.05) is 13.2 Å². The van der Waals surface area contributed by atoms with Gasteiger partial charge in [-0.05, 0) is 19.3 Å². The number of aromatic amines is 1. The van der Waals surface area contributed by atoms with Crippen molar-refractivity contribution in [3.8, 4) is 0 Å². The second-order valence-corrected chi connectivity index (χ2v) is 7.39. The molecule has 0 bridgehead atoms. The van der Waals surface area contributed by atoms with Crippen molar-refractivity contribution in [2.45, 2.75) is 31.2 Å². The molecule has 1 aliphatic rings. The molecule has 0 radical (unpaired) electrons. The van der Waals surface area contributed by atoms with Crippen molar-refractivity contribution in [1.29, 1.82) is 0 Å². The highest BCUT2D eigenvalue weighted by molar-refractivity contribution is 8.13. The van der Waals surface area contributed by atoms with E-state index in [1.165, 1.54) is 6.92 Å². The Morgan fingerprint density at radius 2 is 2.25 bits per heavy atom. The predicted molar refractivity (Wildman–Crippen MR) is 72.2 cm³/mol. The van der Waals surface area contributed by atoms with Gasteiger partial charge in [0.05, 0.1) is 12.3 Å². The average Bonchev–Trinajstić information content (AvgIpc) is 2.74. The number of H-pyrrole nitrogens is 1. The third-order valence-corrected chi connectivity index (χ3v) is 4.76. The van der Waals surface area contributed by atoms with Gasteiger partial charge in [0.2, 0.25) is 0 Å². The van der Waals surface area contributed by atoms with E-state index in [1.54, 1.807) is 0 Å². The molecule has 0 aromatic carbocycles. The summed E-state index contributed by atoms with van der Waals surface area (Å²) in [5.74, 6) is -0.392. The third-order valence-electron chi connectivity index (χ3n) is 3.31. The van der Waals surface area contributed by atoms with E-state index in [0.717, 1.165) is 0 Å². The monoisotopic (exact) mass is 321 g/mol. The summed E-state index contributed by atoms with van der Waals surface area (Å²) in [6.07, 6.45) is 0.680. The van der Waals surface area contributed by atoms with Gasteiger partial charge >= 0.3 is 0 Å². The number of amides is 1. The third kappa shape index (κ3) is 3.13. The lowest BCUT2D eigenvalue weighted by Gasteiger charge is -2.29. The molecule has 2 unspecified atom stereocenters. The number of nitrogens with one attached hydrogen (secondary N) is 2. The van der Waals surface area contributed by atoms with Gasteiger partial charge in [-0.3, -0.25) is 9.89 Å². The smallest absolute Gasteiger partial charge is 0.273 e. The zero-order valence-electron chi connectivity index (χ0n) is 11.1.